The van der Waals surface area contributed by atoms with E-state index in [0.29, 0.717) is 5.92 Å². The van der Waals surface area contributed by atoms with Crippen molar-refractivity contribution in [1.82, 2.24) is 4.90 Å². The van der Waals surface area contributed by atoms with E-state index in [1.165, 1.54) is 19.5 Å². The van der Waals surface area contributed by atoms with Gasteiger partial charge in [0.1, 0.15) is 0 Å². The van der Waals surface area contributed by atoms with Gasteiger partial charge < -0.3 is 4.90 Å². The number of rotatable bonds is 3. The Morgan fingerprint density at radius 2 is 2.33 bits per heavy atom. The van der Waals surface area contributed by atoms with E-state index in [2.05, 4.69) is 24.8 Å². The molecule has 0 unspecified atom stereocenters. The summed E-state index contributed by atoms with van der Waals surface area (Å²) in [6.45, 7) is 8.04. The minimum absolute atomic E-state index is 0.647. The van der Waals surface area contributed by atoms with Gasteiger partial charge in [-0.1, -0.05) is 13.8 Å². The van der Waals surface area contributed by atoms with Gasteiger partial charge in [-0.3, -0.25) is 0 Å². The molecule has 1 heterocycles. The molecule has 0 aromatic rings. The van der Waals surface area contributed by atoms with Gasteiger partial charge in [0.15, 0.2) is 0 Å². The Hall–Kier alpha value is -0.550. The summed E-state index contributed by atoms with van der Waals surface area (Å²) in [5, 5.41) is 8.53. The molecule has 0 aromatic carbocycles. The molecular weight excluding hydrogens is 148 g/mol. The number of hydrogen-bond acceptors (Lipinski definition) is 2. The normalized spacial score (nSPS) is 24.7. The number of nitriles is 1. The molecule has 0 saturated carbocycles. The van der Waals surface area contributed by atoms with Gasteiger partial charge in [-0.2, -0.15) is 5.26 Å². The zero-order valence-electron chi connectivity index (χ0n) is 8.08. The summed E-state index contributed by atoms with van der Waals surface area (Å²) in [7, 11) is 0. The van der Waals surface area contributed by atoms with Gasteiger partial charge in [0.25, 0.3) is 0 Å². The summed E-state index contributed by atoms with van der Waals surface area (Å²) in [5.41, 5.74) is 0. The Balaban J connectivity index is 2.22. The van der Waals surface area contributed by atoms with Crippen molar-refractivity contribution in [3.63, 3.8) is 0 Å². The third kappa shape index (κ3) is 2.83. The fourth-order valence-electron chi connectivity index (χ4n) is 1.89. The topological polar surface area (TPSA) is 27.0 Å². The molecule has 0 N–H and O–H groups in total. The molecule has 1 aliphatic heterocycles. The molecule has 0 aromatic heterocycles. The first-order valence-corrected chi connectivity index (χ1v) is 4.81. The van der Waals surface area contributed by atoms with Crippen LogP contribution in [0.2, 0.25) is 0 Å². The van der Waals surface area contributed by atoms with Crippen LogP contribution in [0, 0.1) is 23.2 Å². The highest BCUT2D eigenvalue weighted by Gasteiger charge is 2.21. The molecule has 1 atom stereocenters. The van der Waals surface area contributed by atoms with E-state index in [1.54, 1.807) is 0 Å². The minimum Gasteiger partial charge on any atom is -0.303 e. The molecule has 0 amide bonds. The van der Waals surface area contributed by atoms with Gasteiger partial charge in [0.05, 0.1) is 6.07 Å². The summed E-state index contributed by atoms with van der Waals surface area (Å²) in [5.74, 6) is 1.40. The van der Waals surface area contributed by atoms with Crippen LogP contribution in [0.15, 0.2) is 0 Å². The summed E-state index contributed by atoms with van der Waals surface area (Å²) >= 11 is 0. The van der Waals surface area contributed by atoms with E-state index < -0.39 is 0 Å². The smallest absolute Gasteiger partial charge is 0.0625 e. The van der Waals surface area contributed by atoms with Crippen molar-refractivity contribution in [2.24, 2.45) is 11.8 Å². The first-order valence-electron chi connectivity index (χ1n) is 4.81. The summed E-state index contributed by atoms with van der Waals surface area (Å²) in [6.07, 6.45) is 1.97. The molecular formula is C10H18N2. The van der Waals surface area contributed by atoms with Crippen molar-refractivity contribution < 1.29 is 0 Å². The average molecular weight is 166 g/mol. The van der Waals surface area contributed by atoms with Crippen LogP contribution in [0.4, 0.5) is 0 Å². The Bertz CT molecular complexity index is 169. The Labute approximate surface area is 75.2 Å². The second-order valence-corrected chi connectivity index (χ2v) is 4.17. The van der Waals surface area contributed by atoms with E-state index in [-0.39, 0.29) is 0 Å². The van der Waals surface area contributed by atoms with Crippen LogP contribution >= 0.6 is 0 Å². The van der Waals surface area contributed by atoms with Crippen LogP contribution in [0.1, 0.15) is 26.7 Å². The fraction of sp³-hybridized carbons (Fsp3) is 0.900. The second kappa shape index (κ2) is 4.47. The van der Waals surface area contributed by atoms with Gasteiger partial charge in [-0.05, 0) is 24.8 Å². The first kappa shape index (κ1) is 9.54. The van der Waals surface area contributed by atoms with Crippen LogP contribution in [0.3, 0.4) is 0 Å². The van der Waals surface area contributed by atoms with Crippen molar-refractivity contribution >= 4 is 0 Å². The van der Waals surface area contributed by atoms with Gasteiger partial charge in [0, 0.05) is 19.5 Å². The predicted molar refractivity (Wildman–Crippen MR) is 49.6 cm³/mol. The van der Waals surface area contributed by atoms with Gasteiger partial charge in [0.2, 0.25) is 0 Å². The first-order chi connectivity index (χ1) is 5.72. The van der Waals surface area contributed by atoms with Crippen LogP contribution in [-0.2, 0) is 0 Å². The maximum Gasteiger partial charge on any atom is 0.0625 e. The molecule has 0 aliphatic carbocycles. The van der Waals surface area contributed by atoms with Crippen molar-refractivity contribution in [3.8, 4) is 6.07 Å². The molecule has 1 saturated heterocycles. The Morgan fingerprint density at radius 1 is 1.58 bits per heavy atom. The molecule has 2 heteroatoms. The van der Waals surface area contributed by atoms with Gasteiger partial charge in [-0.25, -0.2) is 0 Å². The van der Waals surface area contributed by atoms with E-state index in [9.17, 15) is 0 Å². The summed E-state index contributed by atoms with van der Waals surface area (Å²) in [4.78, 5) is 2.48. The zero-order valence-corrected chi connectivity index (χ0v) is 8.08. The SMILES string of the molecule is CC(C)CN1CC[C@H](CC#N)C1. The second-order valence-electron chi connectivity index (χ2n) is 4.17. The summed E-state index contributed by atoms with van der Waals surface area (Å²) < 4.78 is 0. The molecule has 1 aliphatic rings. The lowest BCUT2D eigenvalue weighted by Crippen LogP contribution is -2.25. The van der Waals surface area contributed by atoms with Gasteiger partial charge in [-0.15, -0.1) is 0 Å². The fourth-order valence-corrected chi connectivity index (χ4v) is 1.89. The quantitative estimate of drug-likeness (QED) is 0.640. The molecule has 68 valence electrons. The predicted octanol–water partition coefficient (Wildman–Crippen LogP) is 1.88. The summed E-state index contributed by atoms with van der Waals surface area (Å²) in [6, 6.07) is 2.26. The van der Waals surface area contributed by atoms with Crippen molar-refractivity contribution in [2.75, 3.05) is 19.6 Å². The molecule has 0 bridgehead atoms. The standard InChI is InChI=1S/C10H18N2/c1-9(2)7-12-6-4-10(8-12)3-5-11/h9-10H,3-4,6-8H2,1-2H3/t10-/m0/s1. The van der Waals surface area contributed by atoms with Gasteiger partial charge >= 0.3 is 0 Å². The van der Waals surface area contributed by atoms with Crippen molar-refractivity contribution in [1.29, 1.82) is 5.26 Å². The molecule has 12 heavy (non-hydrogen) atoms. The highest BCUT2D eigenvalue weighted by molar-refractivity contribution is 4.83. The number of hydrogen-bond donors (Lipinski definition) is 0. The maximum absolute atomic E-state index is 8.53. The van der Waals surface area contributed by atoms with E-state index in [1.807, 2.05) is 0 Å². The third-order valence-corrected chi connectivity index (χ3v) is 2.37. The van der Waals surface area contributed by atoms with E-state index >= 15 is 0 Å². The van der Waals surface area contributed by atoms with Crippen molar-refractivity contribution in [3.05, 3.63) is 0 Å². The molecule has 1 fully saturated rings. The lowest BCUT2D eigenvalue weighted by molar-refractivity contribution is 0.288. The van der Waals surface area contributed by atoms with E-state index in [4.69, 9.17) is 5.26 Å². The maximum atomic E-state index is 8.53. The molecule has 0 radical (unpaired) electrons. The number of nitrogens with zero attached hydrogens (tertiary/aromatic N) is 2. The van der Waals surface area contributed by atoms with E-state index in [0.717, 1.165) is 18.9 Å². The van der Waals surface area contributed by atoms with Crippen LogP contribution in [-0.4, -0.2) is 24.5 Å². The highest BCUT2D eigenvalue weighted by atomic mass is 15.1. The molecule has 0 spiro atoms. The number of likely N-dealkylation sites (tertiary alicyclic amines) is 1. The van der Waals surface area contributed by atoms with Crippen LogP contribution < -0.4 is 0 Å². The lowest BCUT2D eigenvalue weighted by atomic mass is 10.1. The van der Waals surface area contributed by atoms with Crippen molar-refractivity contribution in [2.45, 2.75) is 26.7 Å². The Kier molecular flexibility index (Phi) is 3.55. The van der Waals surface area contributed by atoms with Crippen LogP contribution in [0.5, 0.6) is 0 Å². The zero-order chi connectivity index (χ0) is 8.97. The molecule has 2 nitrogen and oxygen atoms in total. The van der Waals surface area contributed by atoms with Crippen LogP contribution in [0.25, 0.3) is 0 Å². The highest BCUT2D eigenvalue weighted by Crippen LogP contribution is 2.19. The monoisotopic (exact) mass is 166 g/mol. The largest absolute Gasteiger partial charge is 0.303 e. The molecule has 1 rings (SSSR count). The third-order valence-electron chi connectivity index (χ3n) is 2.37. The lowest BCUT2D eigenvalue weighted by Gasteiger charge is -2.17. The average Bonchev–Trinajstić information content (AvgIpc) is 2.36. The minimum atomic E-state index is 0.647. The Morgan fingerprint density at radius 3 is 2.92 bits per heavy atom.